The molecule has 4 nitrogen and oxygen atoms in total. The topological polar surface area (TPSA) is 63.6 Å². The smallest absolute Gasteiger partial charge is 0.306 e. The van der Waals surface area contributed by atoms with Crippen molar-refractivity contribution in [3.63, 3.8) is 0 Å². The number of cyclic esters (lactones) is 1. The Morgan fingerprint density at radius 1 is 1.56 bits per heavy atom. The number of carbonyl (C=O) groups is 2. The molecule has 0 amide bonds. The van der Waals surface area contributed by atoms with Crippen LogP contribution in [0.4, 0.5) is 0 Å². The number of hydrogen-bond donors (Lipinski definition) is 1. The minimum Gasteiger partial charge on any atom is -0.462 e. The Morgan fingerprint density at radius 2 is 2.33 bits per heavy atom. The lowest BCUT2D eigenvalue weighted by atomic mass is 9.94. The molecule has 1 aliphatic heterocycles. The van der Waals surface area contributed by atoms with Gasteiger partial charge in [0, 0.05) is 6.42 Å². The fourth-order valence-corrected chi connectivity index (χ4v) is 2.27. The van der Waals surface area contributed by atoms with Crippen molar-refractivity contribution in [2.24, 2.45) is 5.92 Å². The van der Waals surface area contributed by atoms with Gasteiger partial charge in [-0.05, 0) is 44.1 Å². The highest BCUT2D eigenvalue weighted by Crippen LogP contribution is 2.24. The molecule has 4 heteroatoms. The van der Waals surface area contributed by atoms with Gasteiger partial charge in [0.15, 0.2) is 0 Å². The second-order valence-corrected chi connectivity index (χ2v) is 5.04. The van der Waals surface area contributed by atoms with E-state index in [1.807, 2.05) is 0 Å². The molecule has 18 heavy (non-hydrogen) atoms. The van der Waals surface area contributed by atoms with Crippen LogP contribution in [-0.2, 0) is 14.3 Å². The quantitative estimate of drug-likeness (QED) is 0.429. The number of allylic oxidation sites excluding steroid dienone is 1. The number of rotatable bonds is 7. The highest BCUT2D eigenvalue weighted by molar-refractivity contribution is 5.70. The molecule has 0 radical (unpaired) electrons. The first kappa shape index (κ1) is 14.9. The van der Waals surface area contributed by atoms with Gasteiger partial charge in [0.1, 0.15) is 12.4 Å². The van der Waals surface area contributed by atoms with Crippen LogP contribution in [0.25, 0.3) is 0 Å². The molecule has 0 bridgehead atoms. The molecular formula is C14H22O4. The van der Waals surface area contributed by atoms with Crippen molar-refractivity contribution in [3.8, 4) is 0 Å². The Morgan fingerprint density at radius 3 is 3.00 bits per heavy atom. The fraction of sp³-hybridized carbons (Fsp3) is 0.714. The molecule has 0 spiro atoms. The number of aldehydes is 1. The predicted molar refractivity (Wildman–Crippen MR) is 68.0 cm³/mol. The monoisotopic (exact) mass is 254 g/mol. The van der Waals surface area contributed by atoms with Gasteiger partial charge in [-0.2, -0.15) is 0 Å². The minimum absolute atomic E-state index is 0.0129. The van der Waals surface area contributed by atoms with Crippen molar-refractivity contribution < 1.29 is 19.4 Å². The number of ether oxygens (including phenoxy) is 1. The molecule has 1 saturated heterocycles. The Kier molecular flexibility index (Phi) is 6.65. The van der Waals surface area contributed by atoms with E-state index in [1.165, 1.54) is 6.08 Å². The van der Waals surface area contributed by atoms with Crippen LogP contribution >= 0.6 is 0 Å². The van der Waals surface area contributed by atoms with Crippen molar-refractivity contribution >= 4 is 12.3 Å². The van der Waals surface area contributed by atoms with E-state index in [1.54, 1.807) is 6.08 Å². The molecule has 102 valence electrons. The second-order valence-electron chi connectivity index (χ2n) is 5.04. The summed E-state index contributed by atoms with van der Waals surface area (Å²) in [5.74, 6) is 0.296. The van der Waals surface area contributed by atoms with Crippen molar-refractivity contribution in [2.75, 3.05) is 0 Å². The molecule has 3 atom stereocenters. The van der Waals surface area contributed by atoms with Crippen molar-refractivity contribution in [2.45, 2.75) is 57.7 Å². The van der Waals surface area contributed by atoms with E-state index in [2.05, 4.69) is 6.92 Å². The molecule has 1 N–H and O–H groups in total. The first-order valence-corrected chi connectivity index (χ1v) is 6.59. The second kappa shape index (κ2) is 8.03. The Balaban J connectivity index is 2.15. The maximum atomic E-state index is 11.2. The summed E-state index contributed by atoms with van der Waals surface area (Å²) in [5, 5.41) is 9.63. The zero-order valence-corrected chi connectivity index (χ0v) is 10.9. The third-order valence-corrected chi connectivity index (χ3v) is 3.16. The third-order valence-electron chi connectivity index (χ3n) is 3.16. The van der Waals surface area contributed by atoms with Crippen LogP contribution in [0.5, 0.6) is 0 Å². The summed E-state index contributed by atoms with van der Waals surface area (Å²) in [6, 6.07) is 0. The fourth-order valence-electron chi connectivity index (χ4n) is 2.27. The Bertz CT molecular complexity index is 298. The minimum atomic E-state index is -0.419. The average Bonchev–Trinajstić information content (AvgIpc) is 2.28. The van der Waals surface area contributed by atoms with Gasteiger partial charge in [0.25, 0.3) is 0 Å². The lowest BCUT2D eigenvalue weighted by Gasteiger charge is -2.26. The van der Waals surface area contributed by atoms with Gasteiger partial charge >= 0.3 is 5.97 Å². The van der Waals surface area contributed by atoms with Gasteiger partial charge in [-0.15, -0.1) is 0 Å². The van der Waals surface area contributed by atoms with E-state index in [0.29, 0.717) is 31.5 Å². The molecule has 1 fully saturated rings. The summed E-state index contributed by atoms with van der Waals surface area (Å²) in [4.78, 5) is 21.3. The number of aliphatic hydroxyl groups excluding tert-OH is 1. The summed E-state index contributed by atoms with van der Waals surface area (Å²) < 4.78 is 5.26. The highest BCUT2D eigenvalue weighted by atomic mass is 16.5. The van der Waals surface area contributed by atoms with Crippen LogP contribution < -0.4 is 0 Å². The molecule has 0 saturated carbocycles. The van der Waals surface area contributed by atoms with E-state index in [4.69, 9.17) is 4.74 Å². The first-order valence-electron chi connectivity index (χ1n) is 6.59. The van der Waals surface area contributed by atoms with E-state index in [0.717, 1.165) is 19.3 Å². The molecule has 1 heterocycles. The molecule has 0 aromatic carbocycles. The van der Waals surface area contributed by atoms with Crippen LogP contribution in [0.15, 0.2) is 12.2 Å². The summed E-state index contributed by atoms with van der Waals surface area (Å²) in [7, 11) is 0. The van der Waals surface area contributed by atoms with Gasteiger partial charge in [-0.1, -0.05) is 13.0 Å². The molecule has 0 aromatic rings. The number of aliphatic hydroxyl groups is 1. The normalized spacial score (nSPS) is 26.0. The lowest BCUT2D eigenvalue weighted by Crippen LogP contribution is -2.28. The largest absolute Gasteiger partial charge is 0.462 e. The van der Waals surface area contributed by atoms with Crippen LogP contribution in [0.1, 0.15) is 45.4 Å². The molecular weight excluding hydrogens is 232 g/mol. The van der Waals surface area contributed by atoms with E-state index in [-0.39, 0.29) is 12.1 Å². The van der Waals surface area contributed by atoms with Crippen molar-refractivity contribution in [1.29, 1.82) is 0 Å². The van der Waals surface area contributed by atoms with Gasteiger partial charge in [-0.25, -0.2) is 0 Å². The summed E-state index contributed by atoms with van der Waals surface area (Å²) >= 11 is 0. The van der Waals surface area contributed by atoms with Crippen molar-refractivity contribution in [1.82, 2.24) is 0 Å². The van der Waals surface area contributed by atoms with Gasteiger partial charge < -0.3 is 9.84 Å². The molecule has 1 aliphatic rings. The van der Waals surface area contributed by atoms with Crippen LogP contribution in [0.3, 0.4) is 0 Å². The predicted octanol–water partition coefficient (Wildman–Crippen LogP) is 2.00. The zero-order chi connectivity index (χ0) is 13.4. The van der Waals surface area contributed by atoms with Crippen LogP contribution in [-0.4, -0.2) is 29.6 Å². The summed E-state index contributed by atoms with van der Waals surface area (Å²) in [6.07, 6.45) is 7.62. The maximum Gasteiger partial charge on any atom is 0.306 e. The Hall–Kier alpha value is -1.16. The number of carbonyl (C=O) groups excluding carboxylic acids is 2. The lowest BCUT2D eigenvalue weighted by molar-refractivity contribution is -0.156. The SMILES string of the molecule is C[C@@H]1CC(=O)O[C@@H](CCC[C@@H](O)C/C=C/C=O)C1. The van der Waals surface area contributed by atoms with Crippen molar-refractivity contribution in [3.05, 3.63) is 12.2 Å². The van der Waals surface area contributed by atoms with Gasteiger partial charge in [0.05, 0.1) is 6.10 Å². The van der Waals surface area contributed by atoms with Crippen LogP contribution in [0.2, 0.25) is 0 Å². The average molecular weight is 254 g/mol. The zero-order valence-electron chi connectivity index (χ0n) is 10.9. The van der Waals surface area contributed by atoms with E-state index in [9.17, 15) is 14.7 Å². The number of esters is 1. The summed E-state index contributed by atoms with van der Waals surface area (Å²) in [6.45, 7) is 2.06. The molecule has 0 unspecified atom stereocenters. The third kappa shape index (κ3) is 5.96. The van der Waals surface area contributed by atoms with E-state index >= 15 is 0 Å². The summed E-state index contributed by atoms with van der Waals surface area (Å²) in [5.41, 5.74) is 0. The standard InChI is InChI=1S/C14H22O4/c1-11-9-13(18-14(17)10-11)7-4-6-12(16)5-2-3-8-15/h2-3,8,11-13,16H,4-7,9-10H2,1H3/b3-2+/t11-,12-,13-/m0/s1. The first-order chi connectivity index (χ1) is 8.61. The molecule has 0 aromatic heterocycles. The molecule has 1 rings (SSSR count). The van der Waals surface area contributed by atoms with E-state index < -0.39 is 6.10 Å². The van der Waals surface area contributed by atoms with Gasteiger partial charge in [-0.3, -0.25) is 9.59 Å². The molecule has 0 aliphatic carbocycles. The Labute approximate surface area is 108 Å². The number of hydrogen-bond acceptors (Lipinski definition) is 4. The maximum absolute atomic E-state index is 11.2. The van der Waals surface area contributed by atoms with Crippen LogP contribution in [0, 0.1) is 5.92 Å². The highest BCUT2D eigenvalue weighted by Gasteiger charge is 2.25. The van der Waals surface area contributed by atoms with Gasteiger partial charge in [0.2, 0.25) is 0 Å².